The summed E-state index contributed by atoms with van der Waals surface area (Å²) in [6, 6.07) is 4.77. The molecule has 2 heterocycles. The Morgan fingerprint density at radius 1 is 1.33 bits per heavy atom. The summed E-state index contributed by atoms with van der Waals surface area (Å²) >= 11 is 0. The summed E-state index contributed by atoms with van der Waals surface area (Å²) in [6.45, 7) is 4.48. The van der Waals surface area contributed by atoms with Crippen LogP contribution in [0.4, 0.5) is 0 Å². The van der Waals surface area contributed by atoms with Gasteiger partial charge in [-0.05, 0) is 48.4 Å². The van der Waals surface area contributed by atoms with Gasteiger partial charge in [-0.15, -0.1) is 0 Å². The van der Waals surface area contributed by atoms with E-state index in [9.17, 15) is 0 Å². The number of aromatic nitrogens is 2. The molecule has 2 atom stereocenters. The minimum atomic E-state index is 0.481. The van der Waals surface area contributed by atoms with Gasteiger partial charge in [0.2, 0.25) is 0 Å². The highest BCUT2D eigenvalue weighted by Crippen LogP contribution is 2.73. The number of nitrogens with one attached hydrogen (secondary N) is 1. The number of nitrogens with zero attached hydrogens (tertiary/aromatic N) is 2. The molecule has 18 heavy (non-hydrogen) atoms. The van der Waals surface area contributed by atoms with E-state index in [4.69, 9.17) is 0 Å². The van der Waals surface area contributed by atoms with Crippen molar-refractivity contribution in [2.45, 2.75) is 25.2 Å². The predicted molar refractivity (Wildman–Crippen MR) is 70.8 cm³/mol. The standard InChI is InChI=1S/C15H17N3/c1-9-17-12-3-10-5-14-6-15(14,8-16-7-14)11(10)4-13(12)18(9)2/h3-4,16H,5-8H2,1-2H3. The maximum atomic E-state index is 4.67. The average Bonchev–Trinajstić information content (AvgIpc) is 2.56. The molecule has 1 aliphatic heterocycles. The van der Waals surface area contributed by atoms with E-state index in [1.807, 2.05) is 0 Å². The quantitative estimate of drug-likeness (QED) is 0.758. The highest BCUT2D eigenvalue weighted by molar-refractivity contribution is 5.80. The molecule has 0 amide bonds. The molecule has 3 nitrogen and oxygen atoms in total. The number of hydrogen-bond acceptors (Lipinski definition) is 2. The lowest BCUT2D eigenvalue weighted by Gasteiger charge is -2.14. The van der Waals surface area contributed by atoms with Crippen LogP contribution >= 0.6 is 0 Å². The summed E-state index contributed by atoms with van der Waals surface area (Å²) < 4.78 is 2.22. The Labute approximate surface area is 106 Å². The molecule has 3 aliphatic rings. The van der Waals surface area contributed by atoms with Gasteiger partial charge in [-0.2, -0.15) is 0 Å². The lowest BCUT2D eigenvalue weighted by Crippen LogP contribution is -2.21. The van der Waals surface area contributed by atoms with E-state index in [-0.39, 0.29) is 0 Å². The lowest BCUT2D eigenvalue weighted by molar-refractivity contribution is 0.522. The van der Waals surface area contributed by atoms with E-state index in [2.05, 4.69) is 41.0 Å². The van der Waals surface area contributed by atoms with Gasteiger partial charge in [0.05, 0.1) is 11.0 Å². The van der Waals surface area contributed by atoms with Gasteiger partial charge in [-0.25, -0.2) is 4.98 Å². The third-order valence-electron chi connectivity index (χ3n) is 5.79. The zero-order valence-electron chi connectivity index (χ0n) is 10.9. The van der Waals surface area contributed by atoms with Gasteiger partial charge in [-0.1, -0.05) is 0 Å². The molecule has 0 bridgehead atoms. The Morgan fingerprint density at radius 2 is 2.22 bits per heavy atom. The van der Waals surface area contributed by atoms with E-state index in [0.717, 1.165) is 5.82 Å². The minimum Gasteiger partial charge on any atom is -0.331 e. The van der Waals surface area contributed by atoms with Crippen LogP contribution < -0.4 is 5.32 Å². The zero-order chi connectivity index (χ0) is 12.1. The molecule has 1 aromatic heterocycles. The first-order valence-electron chi connectivity index (χ1n) is 6.82. The molecular weight excluding hydrogens is 222 g/mol. The topological polar surface area (TPSA) is 29.9 Å². The van der Waals surface area contributed by atoms with Crippen molar-refractivity contribution in [3.8, 4) is 0 Å². The Hall–Kier alpha value is -1.35. The minimum absolute atomic E-state index is 0.481. The maximum absolute atomic E-state index is 4.67. The number of fused-ring (bicyclic) bond motifs is 2. The predicted octanol–water partition coefficient (Wildman–Crippen LogP) is 1.67. The van der Waals surface area contributed by atoms with Gasteiger partial charge in [0.15, 0.2) is 0 Å². The molecule has 5 rings (SSSR count). The first kappa shape index (κ1) is 9.56. The number of aryl methyl sites for hydroxylation is 2. The second kappa shape index (κ2) is 2.50. The van der Waals surface area contributed by atoms with Gasteiger partial charge in [0.25, 0.3) is 0 Å². The second-order valence-corrected chi connectivity index (χ2v) is 6.54. The fourth-order valence-electron chi connectivity index (χ4n) is 4.66. The van der Waals surface area contributed by atoms with E-state index >= 15 is 0 Å². The Bertz CT molecular complexity index is 710. The normalized spacial score (nSPS) is 35.7. The van der Waals surface area contributed by atoms with E-state index in [1.54, 1.807) is 11.1 Å². The highest BCUT2D eigenvalue weighted by atomic mass is 15.1. The third-order valence-corrected chi connectivity index (χ3v) is 5.79. The van der Waals surface area contributed by atoms with E-state index in [0.29, 0.717) is 10.8 Å². The summed E-state index contributed by atoms with van der Waals surface area (Å²) in [6.07, 6.45) is 2.67. The lowest BCUT2D eigenvalue weighted by atomic mass is 9.95. The van der Waals surface area contributed by atoms with Crippen molar-refractivity contribution in [1.82, 2.24) is 14.9 Å². The van der Waals surface area contributed by atoms with Gasteiger partial charge >= 0.3 is 0 Å². The molecule has 1 saturated carbocycles. The van der Waals surface area contributed by atoms with Crippen LogP contribution in [0.5, 0.6) is 0 Å². The largest absolute Gasteiger partial charge is 0.331 e. The van der Waals surface area contributed by atoms with Crippen molar-refractivity contribution < 1.29 is 0 Å². The summed E-state index contributed by atoms with van der Waals surface area (Å²) in [5.41, 5.74) is 6.71. The first-order valence-corrected chi connectivity index (χ1v) is 6.82. The monoisotopic (exact) mass is 239 g/mol. The summed E-state index contributed by atoms with van der Waals surface area (Å²) in [7, 11) is 2.12. The molecule has 2 aliphatic carbocycles. The van der Waals surface area contributed by atoms with Gasteiger partial charge < -0.3 is 9.88 Å². The molecule has 1 N–H and O–H groups in total. The first-order chi connectivity index (χ1) is 8.65. The Morgan fingerprint density at radius 3 is 3.11 bits per heavy atom. The smallest absolute Gasteiger partial charge is 0.106 e. The van der Waals surface area contributed by atoms with E-state index in [1.165, 1.54) is 37.0 Å². The molecular formula is C15H17N3. The Balaban J connectivity index is 1.84. The maximum Gasteiger partial charge on any atom is 0.106 e. The van der Waals surface area contributed by atoms with Crippen LogP contribution in [-0.4, -0.2) is 22.6 Å². The highest BCUT2D eigenvalue weighted by Gasteiger charge is 2.73. The van der Waals surface area contributed by atoms with Crippen LogP contribution in [0, 0.1) is 12.3 Å². The van der Waals surface area contributed by atoms with Crippen LogP contribution in [0.2, 0.25) is 0 Å². The van der Waals surface area contributed by atoms with Crippen molar-refractivity contribution >= 4 is 11.0 Å². The van der Waals surface area contributed by atoms with Crippen LogP contribution in [0.15, 0.2) is 12.1 Å². The van der Waals surface area contributed by atoms with Crippen molar-refractivity contribution in [1.29, 1.82) is 0 Å². The van der Waals surface area contributed by atoms with Crippen LogP contribution in [-0.2, 0) is 18.9 Å². The number of benzene rings is 1. The van der Waals surface area contributed by atoms with E-state index < -0.39 is 0 Å². The van der Waals surface area contributed by atoms with Crippen molar-refractivity contribution in [3.05, 3.63) is 29.1 Å². The number of imidazole rings is 1. The van der Waals surface area contributed by atoms with Crippen LogP contribution in [0.1, 0.15) is 23.4 Å². The molecule has 1 saturated heterocycles. The molecule has 2 aromatic rings. The van der Waals surface area contributed by atoms with Crippen LogP contribution in [0.25, 0.3) is 11.0 Å². The van der Waals surface area contributed by atoms with Gasteiger partial charge in [-0.3, -0.25) is 0 Å². The average molecular weight is 239 g/mol. The van der Waals surface area contributed by atoms with Crippen LogP contribution in [0.3, 0.4) is 0 Å². The molecule has 0 radical (unpaired) electrons. The van der Waals surface area contributed by atoms with Crippen molar-refractivity contribution in [2.24, 2.45) is 12.5 Å². The van der Waals surface area contributed by atoms with Crippen molar-refractivity contribution in [2.75, 3.05) is 13.1 Å². The number of rotatable bonds is 0. The third kappa shape index (κ3) is 0.794. The summed E-state index contributed by atoms with van der Waals surface area (Å²) in [4.78, 5) is 4.67. The zero-order valence-corrected chi connectivity index (χ0v) is 10.9. The van der Waals surface area contributed by atoms with Crippen molar-refractivity contribution in [3.63, 3.8) is 0 Å². The van der Waals surface area contributed by atoms with Gasteiger partial charge in [0, 0.05) is 25.6 Å². The summed E-state index contributed by atoms with van der Waals surface area (Å²) in [5, 5.41) is 3.59. The second-order valence-electron chi connectivity index (χ2n) is 6.54. The molecule has 0 spiro atoms. The summed E-state index contributed by atoms with van der Waals surface area (Å²) in [5.74, 6) is 1.11. The van der Waals surface area contributed by atoms with Gasteiger partial charge in [0.1, 0.15) is 5.82 Å². The SMILES string of the molecule is Cc1nc2cc3c(cc2n1C)C12CNCC1(C3)C2. The number of hydrogen-bond donors (Lipinski definition) is 1. The molecule has 2 unspecified atom stereocenters. The molecule has 92 valence electrons. The molecule has 2 fully saturated rings. The molecule has 3 heteroatoms. The number of piperidine rings is 1. The fourth-order valence-corrected chi connectivity index (χ4v) is 4.66. The Kier molecular flexibility index (Phi) is 1.33. The molecule has 1 aromatic carbocycles. The fraction of sp³-hybridized carbons (Fsp3) is 0.533.